The Morgan fingerprint density at radius 3 is 2.47 bits per heavy atom. The van der Waals surface area contributed by atoms with E-state index in [4.69, 9.17) is 16.3 Å². The SMILES string of the molecule is CCCCNC(=O)[C@@H](C)N(Cc1ccc(OC)cc1)C(=O)CCc1ccccc1Cl. The molecule has 1 atom stereocenters. The van der Waals surface area contributed by atoms with Crippen LogP contribution in [0.15, 0.2) is 48.5 Å². The van der Waals surface area contributed by atoms with Crippen LogP contribution in [0.4, 0.5) is 0 Å². The Morgan fingerprint density at radius 1 is 1.13 bits per heavy atom. The molecule has 6 heteroatoms. The lowest BCUT2D eigenvalue weighted by Crippen LogP contribution is -2.47. The minimum absolute atomic E-state index is 0.0797. The molecule has 0 radical (unpaired) electrons. The number of halogens is 1. The summed E-state index contributed by atoms with van der Waals surface area (Å²) in [4.78, 5) is 27.4. The zero-order valence-corrected chi connectivity index (χ0v) is 18.7. The van der Waals surface area contributed by atoms with Gasteiger partial charge in [-0.1, -0.05) is 55.3 Å². The van der Waals surface area contributed by atoms with E-state index in [1.807, 2.05) is 48.5 Å². The molecule has 1 N–H and O–H groups in total. The third-order valence-corrected chi connectivity index (χ3v) is 5.44. The summed E-state index contributed by atoms with van der Waals surface area (Å²) in [5, 5.41) is 3.58. The maximum absolute atomic E-state index is 13.1. The van der Waals surface area contributed by atoms with Gasteiger partial charge in [0.2, 0.25) is 11.8 Å². The summed E-state index contributed by atoms with van der Waals surface area (Å²) in [5.74, 6) is 0.535. The summed E-state index contributed by atoms with van der Waals surface area (Å²) in [6.45, 7) is 4.82. The second-order valence-corrected chi connectivity index (χ2v) is 7.69. The van der Waals surface area contributed by atoms with Gasteiger partial charge in [-0.2, -0.15) is 0 Å². The van der Waals surface area contributed by atoms with Gasteiger partial charge in [-0.15, -0.1) is 0 Å². The zero-order valence-electron chi connectivity index (χ0n) is 18.0. The molecule has 0 aromatic heterocycles. The van der Waals surface area contributed by atoms with Crippen molar-refractivity contribution in [3.63, 3.8) is 0 Å². The van der Waals surface area contributed by atoms with E-state index >= 15 is 0 Å². The predicted molar refractivity (Wildman–Crippen MR) is 121 cm³/mol. The number of carbonyl (C=O) groups excluding carboxylic acids is 2. The van der Waals surface area contributed by atoms with Crippen molar-refractivity contribution in [2.75, 3.05) is 13.7 Å². The average molecular weight is 431 g/mol. The highest BCUT2D eigenvalue weighted by Crippen LogP contribution is 2.19. The molecule has 0 heterocycles. The lowest BCUT2D eigenvalue weighted by Gasteiger charge is -2.29. The van der Waals surface area contributed by atoms with Crippen molar-refractivity contribution in [1.82, 2.24) is 10.2 Å². The van der Waals surface area contributed by atoms with Crippen LogP contribution in [0.25, 0.3) is 0 Å². The van der Waals surface area contributed by atoms with Crippen LogP contribution in [-0.4, -0.2) is 36.4 Å². The lowest BCUT2D eigenvalue weighted by molar-refractivity contribution is -0.140. The second-order valence-electron chi connectivity index (χ2n) is 7.28. The van der Waals surface area contributed by atoms with Crippen molar-refractivity contribution in [2.24, 2.45) is 0 Å². The van der Waals surface area contributed by atoms with E-state index in [2.05, 4.69) is 12.2 Å². The van der Waals surface area contributed by atoms with E-state index in [9.17, 15) is 9.59 Å². The quantitative estimate of drug-likeness (QED) is 0.529. The molecule has 30 heavy (non-hydrogen) atoms. The summed E-state index contributed by atoms with van der Waals surface area (Å²) in [6, 6.07) is 14.5. The molecule has 5 nitrogen and oxygen atoms in total. The standard InChI is InChI=1S/C24H31ClN2O3/c1-4-5-16-26-24(29)18(2)27(17-19-10-13-21(30-3)14-11-19)23(28)15-12-20-8-6-7-9-22(20)25/h6-11,13-14,18H,4-5,12,15-17H2,1-3H3,(H,26,29)/t18-/m1/s1. The summed E-state index contributed by atoms with van der Waals surface area (Å²) in [7, 11) is 1.61. The normalized spacial score (nSPS) is 11.6. The molecular weight excluding hydrogens is 400 g/mol. The Bertz CT molecular complexity index is 823. The van der Waals surface area contributed by atoms with Crippen molar-refractivity contribution in [3.8, 4) is 5.75 Å². The fourth-order valence-electron chi connectivity index (χ4n) is 3.13. The molecule has 0 aliphatic heterocycles. The summed E-state index contributed by atoms with van der Waals surface area (Å²) < 4.78 is 5.20. The molecule has 2 amide bonds. The molecule has 2 rings (SSSR count). The van der Waals surface area contributed by atoms with Crippen LogP contribution in [-0.2, 0) is 22.6 Å². The van der Waals surface area contributed by atoms with Gasteiger partial charge in [0.15, 0.2) is 0 Å². The number of unbranched alkanes of at least 4 members (excludes halogenated alkanes) is 1. The number of nitrogens with zero attached hydrogens (tertiary/aromatic N) is 1. The Labute approximate surface area is 184 Å². The number of aryl methyl sites for hydroxylation is 1. The van der Waals surface area contributed by atoms with Crippen LogP contribution in [0.1, 0.15) is 44.2 Å². The zero-order chi connectivity index (χ0) is 21.9. The molecule has 2 aromatic carbocycles. The van der Waals surface area contributed by atoms with Gasteiger partial charge in [0, 0.05) is 24.5 Å². The monoisotopic (exact) mass is 430 g/mol. The van der Waals surface area contributed by atoms with Crippen molar-refractivity contribution in [3.05, 3.63) is 64.7 Å². The second kappa shape index (κ2) is 12.2. The van der Waals surface area contributed by atoms with Gasteiger partial charge >= 0.3 is 0 Å². The molecule has 0 aliphatic carbocycles. The molecule has 2 aromatic rings. The van der Waals surface area contributed by atoms with Crippen LogP contribution < -0.4 is 10.1 Å². The van der Waals surface area contributed by atoms with Gasteiger partial charge in [0.05, 0.1) is 7.11 Å². The predicted octanol–water partition coefficient (Wildman–Crippen LogP) is 4.61. The lowest BCUT2D eigenvalue weighted by atomic mass is 10.1. The summed E-state index contributed by atoms with van der Waals surface area (Å²) >= 11 is 6.23. The summed E-state index contributed by atoms with van der Waals surface area (Å²) in [5.41, 5.74) is 1.87. The number of methoxy groups -OCH3 is 1. The van der Waals surface area contributed by atoms with Crippen LogP contribution in [0.3, 0.4) is 0 Å². The first-order valence-corrected chi connectivity index (χ1v) is 10.8. The van der Waals surface area contributed by atoms with Crippen molar-refractivity contribution >= 4 is 23.4 Å². The fourth-order valence-corrected chi connectivity index (χ4v) is 3.36. The number of hydrogen-bond acceptors (Lipinski definition) is 3. The average Bonchev–Trinajstić information content (AvgIpc) is 2.76. The highest BCUT2D eigenvalue weighted by Gasteiger charge is 2.25. The molecule has 0 fully saturated rings. The Hall–Kier alpha value is -2.53. The highest BCUT2D eigenvalue weighted by molar-refractivity contribution is 6.31. The van der Waals surface area contributed by atoms with Crippen molar-refractivity contribution in [2.45, 2.75) is 52.1 Å². The number of hydrogen-bond donors (Lipinski definition) is 1. The molecule has 0 saturated heterocycles. The van der Waals surface area contributed by atoms with Crippen LogP contribution in [0, 0.1) is 0 Å². The Morgan fingerprint density at radius 2 is 1.83 bits per heavy atom. The van der Waals surface area contributed by atoms with E-state index in [1.54, 1.807) is 18.9 Å². The maximum atomic E-state index is 13.1. The fraction of sp³-hybridized carbons (Fsp3) is 0.417. The van der Waals surface area contributed by atoms with Gasteiger partial charge < -0.3 is 15.0 Å². The third-order valence-electron chi connectivity index (χ3n) is 5.07. The van der Waals surface area contributed by atoms with Crippen molar-refractivity contribution < 1.29 is 14.3 Å². The molecular formula is C24H31ClN2O3. The maximum Gasteiger partial charge on any atom is 0.242 e. The van der Waals surface area contributed by atoms with Gasteiger partial charge in [-0.25, -0.2) is 0 Å². The molecule has 0 unspecified atom stereocenters. The van der Waals surface area contributed by atoms with Gasteiger partial charge in [-0.3, -0.25) is 9.59 Å². The molecule has 0 bridgehead atoms. The first kappa shape index (κ1) is 23.7. The van der Waals surface area contributed by atoms with E-state index in [1.165, 1.54) is 0 Å². The number of benzene rings is 2. The van der Waals surface area contributed by atoms with E-state index in [0.29, 0.717) is 24.5 Å². The first-order chi connectivity index (χ1) is 14.5. The largest absolute Gasteiger partial charge is 0.497 e. The number of rotatable bonds is 11. The van der Waals surface area contributed by atoms with E-state index in [-0.39, 0.29) is 18.2 Å². The molecule has 162 valence electrons. The Kier molecular flexibility index (Phi) is 9.68. The highest BCUT2D eigenvalue weighted by atomic mass is 35.5. The van der Waals surface area contributed by atoms with Crippen LogP contribution in [0.5, 0.6) is 5.75 Å². The summed E-state index contributed by atoms with van der Waals surface area (Å²) in [6.07, 6.45) is 2.73. The number of amides is 2. The molecule has 0 spiro atoms. The molecule has 0 saturated carbocycles. The van der Waals surface area contributed by atoms with Crippen molar-refractivity contribution in [1.29, 1.82) is 0 Å². The minimum atomic E-state index is -0.567. The molecule has 0 aliphatic rings. The first-order valence-electron chi connectivity index (χ1n) is 10.4. The van der Waals surface area contributed by atoms with Gasteiger partial charge in [-0.05, 0) is 49.1 Å². The Balaban J connectivity index is 2.12. The minimum Gasteiger partial charge on any atom is -0.497 e. The van der Waals surface area contributed by atoms with Crippen LogP contribution in [0.2, 0.25) is 5.02 Å². The topological polar surface area (TPSA) is 58.6 Å². The smallest absolute Gasteiger partial charge is 0.242 e. The number of nitrogens with one attached hydrogen (secondary N) is 1. The number of ether oxygens (including phenoxy) is 1. The third kappa shape index (κ3) is 7.06. The van der Waals surface area contributed by atoms with Gasteiger partial charge in [0.1, 0.15) is 11.8 Å². The van der Waals surface area contributed by atoms with Crippen LogP contribution >= 0.6 is 11.6 Å². The van der Waals surface area contributed by atoms with Gasteiger partial charge in [0.25, 0.3) is 0 Å². The van der Waals surface area contributed by atoms with E-state index < -0.39 is 6.04 Å². The number of carbonyl (C=O) groups is 2. The van der Waals surface area contributed by atoms with E-state index in [0.717, 1.165) is 29.7 Å².